The summed E-state index contributed by atoms with van der Waals surface area (Å²) in [5.74, 6) is 1.76. The van der Waals surface area contributed by atoms with Crippen LogP contribution in [0.3, 0.4) is 0 Å². The Morgan fingerprint density at radius 2 is 0.778 bits per heavy atom. The highest BCUT2D eigenvalue weighted by Crippen LogP contribution is 2.36. The fraction of sp³-hybridized carbons (Fsp3) is 0.424. The lowest BCUT2D eigenvalue weighted by Gasteiger charge is -2.25. The van der Waals surface area contributed by atoms with Gasteiger partial charge in [-0.1, -0.05) is 97.9 Å². The Morgan fingerprint density at radius 3 is 1.06 bits per heavy atom. The molecule has 2 radical (unpaired) electrons. The third-order valence-electron chi connectivity index (χ3n) is 6.89. The predicted octanol–water partition coefficient (Wildman–Crippen LogP) is 9.60. The summed E-state index contributed by atoms with van der Waals surface area (Å²) < 4.78 is 0. The molecule has 0 aliphatic carbocycles. The fourth-order valence-electron chi connectivity index (χ4n) is 4.75. The lowest BCUT2D eigenvalue weighted by atomic mass is 9.92. The number of hydrogen-bond acceptors (Lipinski definition) is 3. The van der Waals surface area contributed by atoms with Gasteiger partial charge in [0.25, 0.3) is 0 Å². The van der Waals surface area contributed by atoms with Crippen LogP contribution >= 0.6 is 0 Å². The molecule has 0 saturated heterocycles. The Kier molecular flexibility index (Phi) is 9.22. The van der Waals surface area contributed by atoms with Gasteiger partial charge >= 0.3 is 0 Å². The van der Waals surface area contributed by atoms with Crippen LogP contribution in [0.2, 0.25) is 0 Å². The van der Waals surface area contributed by atoms with Gasteiger partial charge in [0.05, 0.1) is 11.4 Å². The highest BCUT2D eigenvalue weighted by Gasteiger charge is 2.20. The van der Waals surface area contributed by atoms with E-state index >= 15 is 0 Å². The lowest BCUT2D eigenvalue weighted by molar-refractivity contribution is 0.831. The molecule has 3 rings (SSSR count). The molecule has 0 atom stereocenters. The summed E-state index contributed by atoms with van der Waals surface area (Å²) in [6.45, 7) is 22.3. The first kappa shape index (κ1) is 27.8. The number of para-hydroxylation sites is 2. The van der Waals surface area contributed by atoms with Crippen molar-refractivity contribution in [2.24, 2.45) is 0 Å². The van der Waals surface area contributed by atoms with Gasteiger partial charge in [0, 0.05) is 11.4 Å². The van der Waals surface area contributed by atoms with E-state index in [1.54, 1.807) is 0 Å². The molecule has 36 heavy (non-hydrogen) atoms. The van der Waals surface area contributed by atoms with Gasteiger partial charge in [-0.15, -0.1) is 0 Å². The van der Waals surface area contributed by atoms with Crippen LogP contribution in [0.4, 0.5) is 11.4 Å². The number of benzene rings is 2. The highest BCUT2D eigenvalue weighted by atomic mass is 15.0. The third-order valence-corrected chi connectivity index (χ3v) is 6.89. The third kappa shape index (κ3) is 6.30. The number of nitrogens with zero attached hydrogens (tertiary/aromatic N) is 1. The number of aromatic nitrogens is 1. The van der Waals surface area contributed by atoms with Crippen LogP contribution < -0.4 is 10.6 Å². The van der Waals surface area contributed by atoms with Crippen LogP contribution in [0.15, 0.2) is 54.6 Å². The normalized spacial score (nSPS) is 12.0. The van der Waals surface area contributed by atoms with Crippen molar-refractivity contribution in [1.29, 1.82) is 0 Å². The zero-order chi connectivity index (χ0) is 26.6. The van der Waals surface area contributed by atoms with Gasteiger partial charge in [0.1, 0.15) is 12.1 Å². The Hall–Kier alpha value is -2.81. The summed E-state index contributed by atoms with van der Waals surface area (Å²) in [7, 11) is 0. The molecular weight excluding hydrogens is 438 g/mol. The molecule has 0 amide bonds. The lowest BCUT2D eigenvalue weighted by Crippen LogP contribution is -2.17. The van der Waals surface area contributed by atoms with Gasteiger partial charge in [0.15, 0.2) is 0 Å². The molecule has 0 saturated carbocycles. The van der Waals surface area contributed by atoms with E-state index in [0.717, 1.165) is 23.5 Å². The van der Waals surface area contributed by atoms with Crippen molar-refractivity contribution in [3.05, 3.63) is 100 Å². The van der Waals surface area contributed by atoms with Crippen molar-refractivity contribution < 1.29 is 0 Å². The van der Waals surface area contributed by atoms with Gasteiger partial charge in [-0.25, -0.2) is 0 Å². The van der Waals surface area contributed by atoms with E-state index in [9.17, 15) is 0 Å². The van der Waals surface area contributed by atoms with Gasteiger partial charge < -0.3 is 10.6 Å². The summed E-state index contributed by atoms with van der Waals surface area (Å²) in [5.41, 5.74) is 9.73. The Bertz CT molecular complexity index is 1000. The molecule has 0 fully saturated rings. The van der Waals surface area contributed by atoms with E-state index in [0.29, 0.717) is 23.7 Å². The molecule has 0 aliphatic heterocycles. The topological polar surface area (TPSA) is 37.0 Å². The van der Waals surface area contributed by atoms with E-state index in [1.807, 2.05) is 0 Å². The van der Waals surface area contributed by atoms with Gasteiger partial charge in [0.2, 0.25) is 0 Å². The zero-order valence-corrected chi connectivity index (χ0v) is 24.0. The molecule has 2 aromatic carbocycles. The summed E-state index contributed by atoms with van der Waals surface area (Å²) >= 11 is 0. The van der Waals surface area contributed by atoms with Crippen LogP contribution in [-0.4, -0.2) is 4.98 Å². The molecule has 0 aliphatic rings. The predicted molar refractivity (Wildman–Crippen MR) is 157 cm³/mol. The van der Waals surface area contributed by atoms with E-state index in [1.165, 1.54) is 33.6 Å². The maximum Gasteiger partial charge on any atom is 0.105 e. The van der Waals surface area contributed by atoms with E-state index < -0.39 is 0 Å². The Labute approximate surface area is 220 Å². The summed E-state index contributed by atoms with van der Waals surface area (Å²) in [4.78, 5) is 5.06. The first-order chi connectivity index (χ1) is 17.0. The van der Waals surface area contributed by atoms with Crippen LogP contribution in [0, 0.1) is 12.1 Å². The number of rotatable bonds is 10. The van der Waals surface area contributed by atoms with Crippen molar-refractivity contribution in [3.63, 3.8) is 0 Å². The smallest absolute Gasteiger partial charge is 0.105 e. The second kappa shape index (κ2) is 12.0. The van der Waals surface area contributed by atoms with Crippen molar-refractivity contribution in [1.82, 2.24) is 4.98 Å². The van der Waals surface area contributed by atoms with Crippen molar-refractivity contribution in [2.45, 2.75) is 92.9 Å². The Balaban J connectivity index is 1.90. The largest absolute Gasteiger partial charge is 0.371 e. The number of nitrogens with one attached hydrogen (secondary N) is 2. The van der Waals surface area contributed by atoms with Crippen LogP contribution in [0.25, 0.3) is 0 Å². The number of anilines is 2. The molecule has 3 aromatic rings. The second-order valence-electron chi connectivity index (χ2n) is 11.1. The fourth-order valence-corrected chi connectivity index (χ4v) is 4.75. The average molecular weight is 484 g/mol. The maximum absolute atomic E-state index is 5.06. The number of hydrogen-bond donors (Lipinski definition) is 2. The van der Waals surface area contributed by atoms with Crippen LogP contribution in [-0.2, 0) is 0 Å². The minimum Gasteiger partial charge on any atom is -0.371 e. The van der Waals surface area contributed by atoms with Gasteiger partial charge in [-0.05, 0) is 71.9 Å². The van der Waals surface area contributed by atoms with E-state index in [2.05, 4.69) is 134 Å². The maximum atomic E-state index is 5.06. The second-order valence-corrected chi connectivity index (χ2v) is 11.1. The van der Waals surface area contributed by atoms with Gasteiger partial charge in [-0.2, -0.15) is 0 Å². The number of pyridine rings is 1. The standard InChI is InChI=1S/C33H45N3/c1-20(2)26-14-11-15-27(21(3)4)32(26)34-24(9)30-18-13-19-31(36-30)25(10)35-33-28(22(5)6)16-12-17-29(33)23(7)8/h11-23,34-35H,1-10H3. The molecule has 0 bridgehead atoms. The SMILES string of the molecule is C[C](Nc1c(C(C)C)cccc1C(C)C)c1cccc([C](C)Nc2c(C(C)C)cccc2C(C)C)n1. The quantitative estimate of drug-likeness (QED) is 0.301. The summed E-state index contributed by atoms with van der Waals surface area (Å²) in [6, 6.07) is 21.7. The molecule has 0 unspecified atom stereocenters. The van der Waals surface area contributed by atoms with E-state index in [-0.39, 0.29) is 0 Å². The van der Waals surface area contributed by atoms with Crippen molar-refractivity contribution in [3.8, 4) is 0 Å². The molecule has 1 aromatic heterocycles. The van der Waals surface area contributed by atoms with Gasteiger partial charge in [-0.3, -0.25) is 4.98 Å². The molecule has 2 N–H and O–H groups in total. The minimum absolute atomic E-state index is 0.439. The molecule has 3 nitrogen and oxygen atoms in total. The van der Waals surface area contributed by atoms with Crippen LogP contribution in [0.5, 0.6) is 0 Å². The van der Waals surface area contributed by atoms with Crippen molar-refractivity contribution in [2.75, 3.05) is 10.6 Å². The zero-order valence-electron chi connectivity index (χ0n) is 24.0. The molecule has 0 spiro atoms. The molecular formula is C33H45N3. The monoisotopic (exact) mass is 483 g/mol. The van der Waals surface area contributed by atoms with Crippen molar-refractivity contribution >= 4 is 11.4 Å². The van der Waals surface area contributed by atoms with Crippen LogP contribution in [0.1, 0.15) is 127 Å². The highest BCUT2D eigenvalue weighted by molar-refractivity contribution is 5.64. The first-order valence-corrected chi connectivity index (χ1v) is 13.5. The average Bonchev–Trinajstić information content (AvgIpc) is 2.83. The Morgan fingerprint density at radius 1 is 0.500 bits per heavy atom. The first-order valence-electron chi connectivity index (χ1n) is 13.5. The van der Waals surface area contributed by atoms with E-state index in [4.69, 9.17) is 4.98 Å². The summed E-state index contributed by atoms with van der Waals surface area (Å²) in [5, 5.41) is 7.49. The molecule has 1 heterocycles. The minimum atomic E-state index is 0.439. The molecule has 3 heteroatoms. The molecule has 192 valence electrons. The summed E-state index contributed by atoms with van der Waals surface area (Å²) in [6.07, 6.45) is 0.